The molecule has 88 valence electrons. The van der Waals surface area contributed by atoms with Crippen LogP contribution < -0.4 is 10.1 Å². The molecule has 0 heterocycles. The maximum atomic E-state index is 5.33. The molecule has 0 spiro atoms. The lowest BCUT2D eigenvalue weighted by Crippen LogP contribution is -2.24. The van der Waals surface area contributed by atoms with Crippen molar-refractivity contribution in [2.45, 2.75) is 32.9 Å². The Hall–Kier alpha value is -1.28. The Labute approximate surface area is 98.3 Å². The third-order valence-corrected chi connectivity index (χ3v) is 2.60. The molecular formula is C14H21NO. The van der Waals surface area contributed by atoms with E-state index in [1.54, 1.807) is 7.11 Å². The van der Waals surface area contributed by atoms with E-state index in [1.165, 1.54) is 11.1 Å². The first-order valence-corrected chi connectivity index (χ1v) is 5.65. The van der Waals surface area contributed by atoms with Crippen LogP contribution in [-0.2, 0) is 6.54 Å². The lowest BCUT2D eigenvalue weighted by Gasteiger charge is -2.14. The molecule has 1 rings (SSSR count). The molecule has 16 heavy (non-hydrogen) atoms. The van der Waals surface area contributed by atoms with Gasteiger partial charge < -0.3 is 10.1 Å². The fourth-order valence-corrected chi connectivity index (χ4v) is 1.66. The second-order valence-electron chi connectivity index (χ2n) is 4.12. The minimum Gasteiger partial charge on any atom is -0.496 e. The molecular weight excluding hydrogens is 198 g/mol. The average Bonchev–Trinajstić information content (AvgIpc) is 2.27. The van der Waals surface area contributed by atoms with Gasteiger partial charge >= 0.3 is 0 Å². The summed E-state index contributed by atoms with van der Waals surface area (Å²) in [5.41, 5.74) is 2.47. The van der Waals surface area contributed by atoms with E-state index in [0.717, 1.165) is 18.7 Å². The van der Waals surface area contributed by atoms with Gasteiger partial charge in [-0.05, 0) is 26.3 Å². The summed E-state index contributed by atoms with van der Waals surface area (Å²) in [7, 11) is 1.71. The first-order chi connectivity index (χ1) is 7.67. The molecule has 0 amide bonds. The molecule has 0 aliphatic carbocycles. The Morgan fingerprint density at radius 2 is 2.25 bits per heavy atom. The molecule has 1 N–H and O–H groups in total. The zero-order valence-corrected chi connectivity index (χ0v) is 10.4. The summed E-state index contributed by atoms with van der Waals surface area (Å²) in [6.45, 7) is 8.82. The number of hydrogen-bond donors (Lipinski definition) is 1. The quantitative estimate of drug-likeness (QED) is 0.742. The number of benzene rings is 1. The topological polar surface area (TPSA) is 21.3 Å². The summed E-state index contributed by atoms with van der Waals surface area (Å²) < 4.78 is 5.33. The second-order valence-corrected chi connectivity index (χ2v) is 4.12. The highest BCUT2D eigenvalue weighted by Crippen LogP contribution is 2.19. The Morgan fingerprint density at radius 1 is 1.50 bits per heavy atom. The van der Waals surface area contributed by atoms with Crippen molar-refractivity contribution in [3.8, 4) is 5.75 Å². The predicted octanol–water partition coefficient (Wildman–Crippen LogP) is 3.06. The fourth-order valence-electron chi connectivity index (χ4n) is 1.66. The van der Waals surface area contributed by atoms with E-state index >= 15 is 0 Å². The smallest absolute Gasteiger partial charge is 0.123 e. The first kappa shape index (κ1) is 12.8. The van der Waals surface area contributed by atoms with Gasteiger partial charge in [0, 0.05) is 18.2 Å². The fraction of sp³-hybridized carbons (Fsp3) is 0.429. The van der Waals surface area contributed by atoms with Crippen molar-refractivity contribution in [1.82, 2.24) is 5.32 Å². The summed E-state index contributed by atoms with van der Waals surface area (Å²) in [6.07, 6.45) is 2.92. The molecule has 0 aromatic heterocycles. The zero-order chi connectivity index (χ0) is 12.0. The average molecular weight is 219 g/mol. The first-order valence-electron chi connectivity index (χ1n) is 5.65. The lowest BCUT2D eigenvalue weighted by atomic mass is 10.1. The number of methoxy groups -OCH3 is 1. The van der Waals surface area contributed by atoms with Crippen LogP contribution in [0.1, 0.15) is 24.5 Å². The van der Waals surface area contributed by atoms with E-state index in [4.69, 9.17) is 4.74 Å². The summed E-state index contributed by atoms with van der Waals surface area (Å²) >= 11 is 0. The summed E-state index contributed by atoms with van der Waals surface area (Å²) in [5, 5.41) is 3.45. The molecule has 0 aliphatic rings. The maximum Gasteiger partial charge on any atom is 0.123 e. The minimum atomic E-state index is 0.447. The van der Waals surface area contributed by atoms with Gasteiger partial charge in [0.2, 0.25) is 0 Å². The van der Waals surface area contributed by atoms with Gasteiger partial charge in [-0.2, -0.15) is 0 Å². The van der Waals surface area contributed by atoms with Crippen LogP contribution in [0.5, 0.6) is 5.75 Å². The molecule has 1 unspecified atom stereocenters. The molecule has 2 nitrogen and oxygen atoms in total. The van der Waals surface area contributed by atoms with Crippen LogP contribution in [0, 0.1) is 6.92 Å². The van der Waals surface area contributed by atoms with E-state index in [2.05, 4.69) is 37.9 Å². The number of nitrogens with one attached hydrogen (secondary N) is 1. The van der Waals surface area contributed by atoms with Crippen LogP contribution >= 0.6 is 0 Å². The van der Waals surface area contributed by atoms with Gasteiger partial charge in [0.25, 0.3) is 0 Å². The second kappa shape index (κ2) is 6.33. The normalized spacial score (nSPS) is 12.2. The Balaban J connectivity index is 2.64. The lowest BCUT2D eigenvalue weighted by molar-refractivity contribution is 0.405. The Bertz CT molecular complexity index is 347. The number of rotatable bonds is 6. The molecule has 1 atom stereocenters. The van der Waals surface area contributed by atoms with E-state index in [-0.39, 0.29) is 0 Å². The van der Waals surface area contributed by atoms with Gasteiger partial charge in [0.05, 0.1) is 7.11 Å². The van der Waals surface area contributed by atoms with Crippen molar-refractivity contribution in [1.29, 1.82) is 0 Å². The molecule has 0 fully saturated rings. The van der Waals surface area contributed by atoms with Crippen molar-refractivity contribution < 1.29 is 4.74 Å². The van der Waals surface area contributed by atoms with Gasteiger partial charge in [0.15, 0.2) is 0 Å². The van der Waals surface area contributed by atoms with E-state index in [9.17, 15) is 0 Å². The van der Waals surface area contributed by atoms with E-state index < -0.39 is 0 Å². The highest BCUT2D eigenvalue weighted by molar-refractivity contribution is 5.36. The highest BCUT2D eigenvalue weighted by Gasteiger charge is 2.04. The van der Waals surface area contributed by atoms with Crippen molar-refractivity contribution in [2.24, 2.45) is 0 Å². The Kier molecular flexibility index (Phi) is 5.06. The SMILES string of the molecule is C=CCC(C)NCc1cc(C)ccc1OC. The summed E-state index contributed by atoms with van der Waals surface area (Å²) in [6, 6.07) is 6.69. The van der Waals surface area contributed by atoms with Crippen LogP contribution in [0.4, 0.5) is 0 Å². The van der Waals surface area contributed by atoms with Gasteiger partial charge in [-0.3, -0.25) is 0 Å². The molecule has 0 saturated carbocycles. The molecule has 0 radical (unpaired) electrons. The number of ether oxygens (including phenoxy) is 1. The van der Waals surface area contributed by atoms with Gasteiger partial charge in [-0.1, -0.05) is 23.8 Å². The monoisotopic (exact) mass is 219 g/mol. The van der Waals surface area contributed by atoms with Gasteiger partial charge in [0.1, 0.15) is 5.75 Å². The highest BCUT2D eigenvalue weighted by atomic mass is 16.5. The number of aryl methyl sites for hydroxylation is 1. The van der Waals surface area contributed by atoms with Gasteiger partial charge in [-0.15, -0.1) is 6.58 Å². The largest absolute Gasteiger partial charge is 0.496 e. The predicted molar refractivity (Wildman–Crippen MR) is 68.8 cm³/mol. The zero-order valence-electron chi connectivity index (χ0n) is 10.4. The van der Waals surface area contributed by atoms with Crippen LogP contribution in [0.2, 0.25) is 0 Å². The maximum absolute atomic E-state index is 5.33. The van der Waals surface area contributed by atoms with Crippen molar-refractivity contribution in [3.05, 3.63) is 42.0 Å². The minimum absolute atomic E-state index is 0.447. The Morgan fingerprint density at radius 3 is 2.88 bits per heavy atom. The van der Waals surface area contributed by atoms with Crippen LogP contribution in [0.3, 0.4) is 0 Å². The third-order valence-electron chi connectivity index (χ3n) is 2.60. The van der Waals surface area contributed by atoms with Crippen LogP contribution in [0.15, 0.2) is 30.9 Å². The molecule has 2 heteroatoms. The van der Waals surface area contributed by atoms with E-state index in [0.29, 0.717) is 6.04 Å². The van der Waals surface area contributed by atoms with Gasteiger partial charge in [-0.25, -0.2) is 0 Å². The van der Waals surface area contributed by atoms with Crippen molar-refractivity contribution in [3.63, 3.8) is 0 Å². The van der Waals surface area contributed by atoms with Crippen molar-refractivity contribution in [2.75, 3.05) is 7.11 Å². The van der Waals surface area contributed by atoms with Crippen LogP contribution in [-0.4, -0.2) is 13.2 Å². The molecule has 0 aliphatic heterocycles. The third kappa shape index (κ3) is 3.70. The molecule has 1 aromatic rings. The molecule has 1 aromatic carbocycles. The molecule has 0 saturated heterocycles. The summed E-state index contributed by atoms with van der Waals surface area (Å²) in [5.74, 6) is 0.948. The van der Waals surface area contributed by atoms with Crippen molar-refractivity contribution >= 4 is 0 Å². The number of hydrogen-bond acceptors (Lipinski definition) is 2. The van der Waals surface area contributed by atoms with E-state index in [1.807, 2.05) is 12.1 Å². The van der Waals surface area contributed by atoms with Crippen LogP contribution in [0.25, 0.3) is 0 Å². The summed E-state index contributed by atoms with van der Waals surface area (Å²) in [4.78, 5) is 0. The molecule has 0 bridgehead atoms. The standard InChI is InChI=1S/C14H21NO/c1-5-6-12(3)15-10-13-9-11(2)7-8-14(13)16-4/h5,7-9,12,15H,1,6,10H2,2-4H3.